The molecule has 1 aliphatic rings. The Balaban J connectivity index is 1.61. The van der Waals surface area contributed by atoms with Crippen LogP contribution in [0.5, 0.6) is 0 Å². The van der Waals surface area contributed by atoms with Crippen molar-refractivity contribution in [3.63, 3.8) is 0 Å². The number of nitrogens with one attached hydrogen (secondary N) is 1. The molecule has 1 aliphatic heterocycles. The molecule has 0 aliphatic carbocycles. The van der Waals surface area contributed by atoms with Crippen LogP contribution in [0.3, 0.4) is 0 Å². The van der Waals surface area contributed by atoms with E-state index in [0.29, 0.717) is 13.1 Å². The van der Waals surface area contributed by atoms with Crippen LogP contribution in [0.25, 0.3) is 10.8 Å². The minimum Gasteiger partial charge on any atom is -0.391 e. The van der Waals surface area contributed by atoms with E-state index >= 15 is 0 Å². The van der Waals surface area contributed by atoms with Gasteiger partial charge < -0.3 is 15.3 Å². The number of carbonyl (C=O) groups excluding carboxylic acids is 1. The van der Waals surface area contributed by atoms with Crippen LogP contribution < -0.4 is 5.32 Å². The molecule has 2 aromatic rings. The number of rotatable bonds is 2. The van der Waals surface area contributed by atoms with Gasteiger partial charge in [0, 0.05) is 19.6 Å². The van der Waals surface area contributed by atoms with Gasteiger partial charge in [0.2, 0.25) is 0 Å². The van der Waals surface area contributed by atoms with Crippen molar-refractivity contribution in [1.29, 1.82) is 0 Å². The summed E-state index contributed by atoms with van der Waals surface area (Å²) in [7, 11) is 0. The quantitative estimate of drug-likeness (QED) is 0.890. The third-order valence-corrected chi connectivity index (χ3v) is 3.94. The van der Waals surface area contributed by atoms with Crippen LogP contribution in [0.2, 0.25) is 0 Å². The molecule has 1 saturated heterocycles. The minimum atomic E-state index is -0.384. The van der Waals surface area contributed by atoms with E-state index in [9.17, 15) is 9.90 Å². The number of hydrogen-bond donors (Lipinski definition) is 2. The minimum absolute atomic E-state index is 0.0955. The van der Waals surface area contributed by atoms with E-state index in [2.05, 4.69) is 29.6 Å². The molecule has 1 fully saturated rings. The Kier molecular flexibility index (Phi) is 4.06. The van der Waals surface area contributed by atoms with Gasteiger partial charge in [0.25, 0.3) is 0 Å². The molecule has 0 radical (unpaired) electrons. The second kappa shape index (κ2) is 6.14. The second-order valence-electron chi connectivity index (χ2n) is 5.58. The summed E-state index contributed by atoms with van der Waals surface area (Å²) in [6.45, 7) is 1.67. The summed E-state index contributed by atoms with van der Waals surface area (Å²) in [5, 5.41) is 14.9. The number of aliphatic hydroxyl groups is 1. The Morgan fingerprint density at radius 2 is 2.05 bits per heavy atom. The fourth-order valence-electron chi connectivity index (χ4n) is 2.78. The first-order chi connectivity index (χ1) is 10.2. The summed E-state index contributed by atoms with van der Waals surface area (Å²) >= 11 is 0. The zero-order valence-electron chi connectivity index (χ0n) is 12.0. The number of β-amino-alcohol motifs (C(OH)–C–C–N with tert-alkyl or cyclic N) is 1. The van der Waals surface area contributed by atoms with Gasteiger partial charge in [0.15, 0.2) is 0 Å². The second-order valence-corrected chi connectivity index (χ2v) is 5.58. The monoisotopic (exact) mass is 284 g/mol. The van der Waals surface area contributed by atoms with Crippen LogP contribution in [0, 0.1) is 0 Å². The van der Waals surface area contributed by atoms with Gasteiger partial charge in [0.1, 0.15) is 0 Å². The predicted molar refractivity (Wildman–Crippen MR) is 83.0 cm³/mol. The molecule has 1 unspecified atom stereocenters. The molecule has 0 bridgehead atoms. The van der Waals surface area contributed by atoms with Gasteiger partial charge in [0.05, 0.1) is 6.10 Å². The first kappa shape index (κ1) is 13.9. The van der Waals surface area contributed by atoms with E-state index < -0.39 is 0 Å². The molecule has 2 aromatic carbocycles. The number of aliphatic hydroxyl groups excluding tert-OH is 1. The third kappa shape index (κ3) is 3.34. The van der Waals surface area contributed by atoms with E-state index in [4.69, 9.17) is 0 Å². The number of nitrogens with zero attached hydrogens (tertiary/aromatic N) is 1. The highest BCUT2D eigenvalue weighted by molar-refractivity contribution is 5.83. The molecule has 21 heavy (non-hydrogen) atoms. The highest BCUT2D eigenvalue weighted by Crippen LogP contribution is 2.16. The van der Waals surface area contributed by atoms with Crippen LogP contribution in [-0.4, -0.2) is 35.2 Å². The van der Waals surface area contributed by atoms with E-state index in [1.54, 1.807) is 4.90 Å². The molecule has 1 atom stereocenters. The Hall–Kier alpha value is -2.07. The fraction of sp³-hybridized carbons (Fsp3) is 0.353. The Morgan fingerprint density at radius 1 is 1.24 bits per heavy atom. The lowest BCUT2D eigenvalue weighted by Crippen LogP contribution is -2.46. The third-order valence-electron chi connectivity index (χ3n) is 3.94. The number of amides is 2. The van der Waals surface area contributed by atoms with Gasteiger partial charge in [-0.3, -0.25) is 0 Å². The van der Waals surface area contributed by atoms with Crippen LogP contribution in [-0.2, 0) is 6.54 Å². The van der Waals surface area contributed by atoms with Crippen molar-refractivity contribution >= 4 is 16.8 Å². The van der Waals surface area contributed by atoms with E-state index in [0.717, 1.165) is 24.9 Å². The van der Waals surface area contributed by atoms with Gasteiger partial charge in [-0.05, 0) is 35.2 Å². The SMILES string of the molecule is O=C(NCc1ccc2ccccc2c1)N1CCCC(O)C1. The van der Waals surface area contributed by atoms with Crippen molar-refractivity contribution in [2.75, 3.05) is 13.1 Å². The zero-order valence-corrected chi connectivity index (χ0v) is 12.0. The molecule has 4 heteroatoms. The van der Waals surface area contributed by atoms with Crippen molar-refractivity contribution in [1.82, 2.24) is 10.2 Å². The van der Waals surface area contributed by atoms with Gasteiger partial charge in [-0.25, -0.2) is 4.79 Å². The highest BCUT2D eigenvalue weighted by Gasteiger charge is 2.21. The molecule has 0 spiro atoms. The van der Waals surface area contributed by atoms with Crippen molar-refractivity contribution in [2.45, 2.75) is 25.5 Å². The number of benzene rings is 2. The molecule has 0 aromatic heterocycles. The predicted octanol–water partition coefficient (Wildman–Crippen LogP) is 2.51. The Morgan fingerprint density at radius 3 is 2.86 bits per heavy atom. The smallest absolute Gasteiger partial charge is 0.317 e. The van der Waals surface area contributed by atoms with Crippen LogP contribution in [0.1, 0.15) is 18.4 Å². The molecular formula is C17H20N2O2. The lowest BCUT2D eigenvalue weighted by atomic mass is 10.1. The molecule has 110 valence electrons. The molecule has 2 N–H and O–H groups in total. The summed E-state index contributed by atoms with van der Waals surface area (Å²) < 4.78 is 0. The summed E-state index contributed by atoms with van der Waals surface area (Å²) in [5.41, 5.74) is 1.08. The van der Waals surface area contributed by atoms with E-state index in [1.165, 1.54) is 10.8 Å². The van der Waals surface area contributed by atoms with Crippen molar-refractivity contribution in [3.8, 4) is 0 Å². The summed E-state index contributed by atoms with van der Waals surface area (Å²) in [6, 6.07) is 14.3. The molecule has 2 amide bonds. The summed E-state index contributed by atoms with van der Waals surface area (Å²) in [6.07, 6.45) is 1.27. The lowest BCUT2D eigenvalue weighted by molar-refractivity contribution is 0.0842. The summed E-state index contributed by atoms with van der Waals surface area (Å²) in [5.74, 6) is 0. The first-order valence-corrected chi connectivity index (χ1v) is 7.41. The summed E-state index contributed by atoms with van der Waals surface area (Å²) in [4.78, 5) is 13.8. The number of hydrogen-bond acceptors (Lipinski definition) is 2. The molecule has 4 nitrogen and oxygen atoms in total. The van der Waals surface area contributed by atoms with Crippen LogP contribution >= 0.6 is 0 Å². The van der Waals surface area contributed by atoms with Gasteiger partial charge in [-0.15, -0.1) is 0 Å². The molecule has 0 saturated carbocycles. The largest absolute Gasteiger partial charge is 0.391 e. The maximum absolute atomic E-state index is 12.1. The number of urea groups is 1. The number of fused-ring (bicyclic) bond motifs is 1. The zero-order chi connectivity index (χ0) is 14.7. The maximum atomic E-state index is 12.1. The van der Waals surface area contributed by atoms with Gasteiger partial charge in [-0.1, -0.05) is 36.4 Å². The van der Waals surface area contributed by atoms with Crippen molar-refractivity contribution < 1.29 is 9.90 Å². The fourth-order valence-corrected chi connectivity index (χ4v) is 2.78. The molecule has 1 heterocycles. The maximum Gasteiger partial charge on any atom is 0.317 e. The average Bonchev–Trinajstić information content (AvgIpc) is 2.52. The van der Waals surface area contributed by atoms with E-state index in [1.807, 2.05) is 18.2 Å². The topological polar surface area (TPSA) is 52.6 Å². The standard InChI is InChI=1S/C17H20N2O2/c20-16-6-3-9-19(12-16)17(21)18-11-13-7-8-14-4-1-2-5-15(14)10-13/h1-2,4-5,7-8,10,16,20H,3,6,9,11-12H2,(H,18,21). The first-order valence-electron chi connectivity index (χ1n) is 7.41. The molecule has 3 rings (SSSR count). The lowest BCUT2D eigenvalue weighted by Gasteiger charge is -2.30. The van der Waals surface area contributed by atoms with E-state index in [-0.39, 0.29) is 12.1 Å². The Labute approximate surface area is 124 Å². The number of carbonyl (C=O) groups is 1. The Bertz CT molecular complexity index is 641. The normalized spacial score (nSPS) is 18.7. The van der Waals surface area contributed by atoms with Crippen molar-refractivity contribution in [3.05, 3.63) is 48.0 Å². The van der Waals surface area contributed by atoms with Crippen LogP contribution in [0.4, 0.5) is 4.79 Å². The molecular weight excluding hydrogens is 264 g/mol. The van der Waals surface area contributed by atoms with Gasteiger partial charge >= 0.3 is 6.03 Å². The van der Waals surface area contributed by atoms with Crippen LogP contribution in [0.15, 0.2) is 42.5 Å². The number of likely N-dealkylation sites (tertiary alicyclic amines) is 1. The number of piperidine rings is 1. The average molecular weight is 284 g/mol. The van der Waals surface area contributed by atoms with Gasteiger partial charge in [-0.2, -0.15) is 0 Å². The highest BCUT2D eigenvalue weighted by atomic mass is 16.3. The van der Waals surface area contributed by atoms with Crippen molar-refractivity contribution in [2.24, 2.45) is 0 Å².